The average Bonchev–Trinajstić information content (AvgIpc) is 3.10. The van der Waals surface area contributed by atoms with Gasteiger partial charge < -0.3 is 19.9 Å². The highest BCUT2D eigenvalue weighted by atomic mass is 32.1. The van der Waals surface area contributed by atoms with Crippen molar-refractivity contribution in [1.82, 2.24) is 10.3 Å². The third-order valence-corrected chi connectivity index (χ3v) is 4.89. The van der Waals surface area contributed by atoms with E-state index in [9.17, 15) is 14.7 Å². The molecular formula is C18H22N2O5S. The molecule has 0 saturated heterocycles. The summed E-state index contributed by atoms with van der Waals surface area (Å²) in [7, 11) is 3.01. The molecule has 0 spiro atoms. The number of hydrogen-bond acceptors (Lipinski definition) is 6. The van der Waals surface area contributed by atoms with Gasteiger partial charge in [-0.2, -0.15) is 0 Å². The van der Waals surface area contributed by atoms with E-state index in [1.807, 2.05) is 13.8 Å². The van der Waals surface area contributed by atoms with Gasteiger partial charge in [0.05, 0.1) is 31.7 Å². The molecule has 1 unspecified atom stereocenters. The topological polar surface area (TPSA) is 97.8 Å². The molecule has 140 valence electrons. The van der Waals surface area contributed by atoms with Gasteiger partial charge in [0.25, 0.3) is 5.91 Å². The second-order valence-electron chi connectivity index (χ2n) is 5.96. The highest BCUT2D eigenvalue weighted by molar-refractivity contribution is 7.09. The Balaban J connectivity index is 2.29. The minimum Gasteiger partial charge on any atom is -0.497 e. The SMILES string of the molecule is COc1ccc(C(CC(=O)O)NC(=O)c2csc(C(C)C)n2)c(OC)c1. The summed E-state index contributed by atoms with van der Waals surface area (Å²) >= 11 is 1.41. The third-order valence-electron chi connectivity index (χ3n) is 3.75. The molecule has 8 heteroatoms. The number of aromatic nitrogens is 1. The van der Waals surface area contributed by atoms with Gasteiger partial charge in [-0.1, -0.05) is 13.8 Å². The van der Waals surface area contributed by atoms with E-state index in [4.69, 9.17) is 9.47 Å². The summed E-state index contributed by atoms with van der Waals surface area (Å²) in [5.74, 6) is -0.214. The Hall–Kier alpha value is -2.61. The Bertz CT molecular complexity index is 788. The second-order valence-corrected chi connectivity index (χ2v) is 6.85. The van der Waals surface area contributed by atoms with Crippen LogP contribution in [0.25, 0.3) is 0 Å². The second kappa shape index (κ2) is 8.66. The molecule has 1 heterocycles. The first-order chi connectivity index (χ1) is 12.3. The fourth-order valence-electron chi connectivity index (χ4n) is 2.41. The lowest BCUT2D eigenvalue weighted by molar-refractivity contribution is -0.137. The van der Waals surface area contributed by atoms with Crippen molar-refractivity contribution in [2.45, 2.75) is 32.2 Å². The number of amides is 1. The van der Waals surface area contributed by atoms with Crippen LogP contribution < -0.4 is 14.8 Å². The van der Waals surface area contributed by atoms with Crippen molar-refractivity contribution in [3.63, 3.8) is 0 Å². The van der Waals surface area contributed by atoms with Crippen LogP contribution in [0.1, 0.15) is 53.3 Å². The molecular weight excluding hydrogens is 356 g/mol. The fraction of sp³-hybridized carbons (Fsp3) is 0.389. The van der Waals surface area contributed by atoms with E-state index in [-0.39, 0.29) is 18.0 Å². The van der Waals surface area contributed by atoms with Gasteiger partial charge in [-0.05, 0) is 12.1 Å². The number of carboxylic acid groups (broad SMARTS) is 1. The van der Waals surface area contributed by atoms with E-state index in [0.29, 0.717) is 17.1 Å². The minimum atomic E-state index is -1.03. The number of rotatable bonds is 8. The Morgan fingerprint density at radius 2 is 2.00 bits per heavy atom. The Morgan fingerprint density at radius 1 is 1.27 bits per heavy atom. The highest BCUT2D eigenvalue weighted by Gasteiger charge is 2.24. The summed E-state index contributed by atoms with van der Waals surface area (Å²) in [6, 6.07) is 4.27. The zero-order valence-corrected chi connectivity index (χ0v) is 15.9. The van der Waals surface area contributed by atoms with Crippen LogP contribution in [0.3, 0.4) is 0 Å². The van der Waals surface area contributed by atoms with Crippen molar-refractivity contribution in [2.24, 2.45) is 0 Å². The molecule has 0 bridgehead atoms. The molecule has 0 radical (unpaired) electrons. The number of methoxy groups -OCH3 is 2. The predicted molar refractivity (Wildman–Crippen MR) is 98.2 cm³/mol. The number of thiazole rings is 1. The Labute approximate surface area is 156 Å². The summed E-state index contributed by atoms with van der Waals surface area (Å²) in [6.07, 6.45) is -0.282. The van der Waals surface area contributed by atoms with E-state index >= 15 is 0 Å². The zero-order chi connectivity index (χ0) is 19.3. The van der Waals surface area contributed by atoms with Crippen LogP contribution in [0, 0.1) is 0 Å². The first-order valence-corrected chi connectivity index (χ1v) is 8.93. The van der Waals surface area contributed by atoms with E-state index in [2.05, 4.69) is 10.3 Å². The number of carbonyl (C=O) groups excluding carboxylic acids is 1. The zero-order valence-electron chi connectivity index (χ0n) is 15.1. The quantitative estimate of drug-likeness (QED) is 0.732. The van der Waals surface area contributed by atoms with Crippen LogP contribution >= 0.6 is 11.3 Å². The van der Waals surface area contributed by atoms with E-state index in [1.165, 1.54) is 25.6 Å². The number of hydrogen-bond donors (Lipinski definition) is 2. The molecule has 26 heavy (non-hydrogen) atoms. The molecule has 1 aromatic heterocycles. The first kappa shape index (κ1) is 19.7. The minimum absolute atomic E-state index is 0.220. The largest absolute Gasteiger partial charge is 0.497 e. The fourth-order valence-corrected chi connectivity index (χ4v) is 3.22. The van der Waals surface area contributed by atoms with Crippen LogP contribution in [0.4, 0.5) is 0 Å². The van der Waals surface area contributed by atoms with Gasteiger partial charge in [0, 0.05) is 22.9 Å². The lowest BCUT2D eigenvalue weighted by Gasteiger charge is -2.20. The van der Waals surface area contributed by atoms with E-state index < -0.39 is 17.9 Å². The molecule has 1 amide bonds. The molecule has 0 aliphatic heterocycles. The van der Waals surface area contributed by atoms with Crippen molar-refractivity contribution in [1.29, 1.82) is 0 Å². The summed E-state index contributed by atoms with van der Waals surface area (Å²) in [5.41, 5.74) is 0.838. The van der Waals surface area contributed by atoms with Gasteiger partial charge in [0.2, 0.25) is 0 Å². The standard InChI is InChI=1S/C18H22N2O5S/c1-10(2)18-20-14(9-26-18)17(23)19-13(8-16(21)22)12-6-5-11(24-3)7-15(12)25-4/h5-7,9-10,13H,8H2,1-4H3,(H,19,23)(H,21,22). The molecule has 0 aliphatic rings. The lowest BCUT2D eigenvalue weighted by Crippen LogP contribution is -2.30. The lowest BCUT2D eigenvalue weighted by atomic mass is 10.0. The smallest absolute Gasteiger partial charge is 0.305 e. The number of aliphatic carboxylic acids is 1. The van der Waals surface area contributed by atoms with Crippen LogP contribution in [-0.2, 0) is 4.79 Å². The highest BCUT2D eigenvalue weighted by Crippen LogP contribution is 2.31. The first-order valence-electron chi connectivity index (χ1n) is 8.05. The van der Waals surface area contributed by atoms with Gasteiger partial charge >= 0.3 is 5.97 Å². The van der Waals surface area contributed by atoms with Gasteiger partial charge in [0.1, 0.15) is 17.2 Å². The Morgan fingerprint density at radius 3 is 2.54 bits per heavy atom. The molecule has 7 nitrogen and oxygen atoms in total. The Kier molecular flexibility index (Phi) is 6.57. The summed E-state index contributed by atoms with van der Waals surface area (Å²) in [4.78, 5) is 28.1. The number of ether oxygens (including phenoxy) is 2. The van der Waals surface area contributed by atoms with Gasteiger partial charge in [0.15, 0.2) is 0 Å². The van der Waals surface area contributed by atoms with Crippen LogP contribution in [0.15, 0.2) is 23.6 Å². The van der Waals surface area contributed by atoms with E-state index in [0.717, 1.165) is 5.01 Å². The number of nitrogens with zero attached hydrogens (tertiary/aromatic N) is 1. The van der Waals surface area contributed by atoms with E-state index in [1.54, 1.807) is 23.6 Å². The number of nitrogens with one attached hydrogen (secondary N) is 1. The molecule has 2 N–H and O–H groups in total. The maximum atomic E-state index is 12.5. The molecule has 1 aromatic carbocycles. The van der Waals surface area contributed by atoms with Crippen LogP contribution in [0.5, 0.6) is 11.5 Å². The van der Waals surface area contributed by atoms with Crippen molar-refractivity contribution in [3.8, 4) is 11.5 Å². The molecule has 0 saturated carbocycles. The summed E-state index contributed by atoms with van der Waals surface area (Å²) in [5, 5.41) is 14.5. The molecule has 2 rings (SSSR count). The number of benzene rings is 1. The average molecular weight is 378 g/mol. The monoisotopic (exact) mass is 378 g/mol. The normalized spacial score (nSPS) is 11.9. The van der Waals surface area contributed by atoms with Crippen LogP contribution in [-0.4, -0.2) is 36.2 Å². The third kappa shape index (κ3) is 4.72. The van der Waals surface area contributed by atoms with Crippen molar-refractivity contribution >= 4 is 23.2 Å². The van der Waals surface area contributed by atoms with Crippen molar-refractivity contribution in [2.75, 3.05) is 14.2 Å². The van der Waals surface area contributed by atoms with Crippen molar-refractivity contribution < 1.29 is 24.2 Å². The van der Waals surface area contributed by atoms with Gasteiger partial charge in [-0.3, -0.25) is 9.59 Å². The van der Waals surface area contributed by atoms with Crippen LogP contribution in [0.2, 0.25) is 0 Å². The molecule has 0 fully saturated rings. The maximum absolute atomic E-state index is 12.5. The summed E-state index contributed by atoms with van der Waals surface area (Å²) in [6.45, 7) is 3.99. The molecule has 1 atom stereocenters. The molecule has 2 aromatic rings. The predicted octanol–water partition coefficient (Wildman–Crippen LogP) is 3.23. The maximum Gasteiger partial charge on any atom is 0.305 e. The van der Waals surface area contributed by atoms with Crippen molar-refractivity contribution in [3.05, 3.63) is 39.8 Å². The van der Waals surface area contributed by atoms with Gasteiger partial charge in [-0.25, -0.2) is 4.98 Å². The number of carbonyl (C=O) groups is 2. The van der Waals surface area contributed by atoms with Gasteiger partial charge in [-0.15, -0.1) is 11.3 Å². The summed E-state index contributed by atoms with van der Waals surface area (Å²) < 4.78 is 10.5. The molecule has 0 aliphatic carbocycles. The number of carboxylic acids is 1.